The van der Waals surface area contributed by atoms with E-state index >= 15 is 0 Å². The van der Waals surface area contributed by atoms with Crippen molar-refractivity contribution in [3.8, 4) is 0 Å². The summed E-state index contributed by atoms with van der Waals surface area (Å²) in [6.45, 7) is 0.880. The lowest BCUT2D eigenvalue weighted by atomic mass is 10.4. The molecule has 1 aliphatic rings. The predicted molar refractivity (Wildman–Crippen MR) is 72.4 cm³/mol. The van der Waals surface area contributed by atoms with Gasteiger partial charge in [-0.05, 0) is 25.2 Å². The molecule has 0 spiro atoms. The topological polar surface area (TPSA) is 56.7 Å². The Morgan fingerprint density at radius 1 is 1.59 bits per heavy atom. The Hall–Kier alpha value is -0.940. The van der Waals surface area contributed by atoms with Gasteiger partial charge >= 0.3 is 0 Å². The molecule has 6 heteroatoms. The minimum Gasteiger partial charge on any atom is -0.369 e. The fourth-order valence-electron chi connectivity index (χ4n) is 2.01. The summed E-state index contributed by atoms with van der Waals surface area (Å²) in [5.74, 6) is 0.523. The van der Waals surface area contributed by atoms with Crippen LogP contribution in [0.15, 0.2) is 12.3 Å². The molecular formula is C11H13ClN4S. The maximum Gasteiger partial charge on any atom is 0.202 e. The third-order valence-electron chi connectivity index (χ3n) is 3.27. The van der Waals surface area contributed by atoms with Gasteiger partial charge in [0.15, 0.2) is 5.65 Å². The molecule has 0 aromatic carbocycles. The summed E-state index contributed by atoms with van der Waals surface area (Å²) in [5.41, 5.74) is 7.55. The Labute approximate surface area is 109 Å². The molecule has 17 heavy (non-hydrogen) atoms. The van der Waals surface area contributed by atoms with Gasteiger partial charge < -0.3 is 5.73 Å². The van der Waals surface area contributed by atoms with Crippen LogP contribution in [0.4, 0.5) is 5.95 Å². The molecule has 0 radical (unpaired) electrons. The number of anilines is 1. The number of thioether (sulfide) groups is 1. The van der Waals surface area contributed by atoms with Crippen LogP contribution in [-0.2, 0) is 6.54 Å². The van der Waals surface area contributed by atoms with Crippen molar-refractivity contribution in [2.75, 3.05) is 12.0 Å². The van der Waals surface area contributed by atoms with Crippen LogP contribution in [0.2, 0.25) is 5.02 Å². The molecule has 1 fully saturated rings. The predicted octanol–water partition coefficient (Wildman–Crippen LogP) is 2.56. The van der Waals surface area contributed by atoms with E-state index in [-0.39, 0.29) is 0 Å². The summed E-state index contributed by atoms with van der Waals surface area (Å²) in [7, 11) is 0. The molecule has 0 bridgehead atoms. The number of hydrogen-bond donors (Lipinski definition) is 1. The molecule has 0 amide bonds. The van der Waals surface area contributed by atoms with Gasteiger partial charge in [0.25, 0.3) is 0 Å². The van der Waals surface area contributed by atoms with Crippen molar-refractivity contribution < 1.29 is 0 Å². The Bertz CT molecular complexity index is 576. The molecule has 2 aromatic heterocycles. The highest BCUT2D eigenvalue weighted by Crippen LogP contribution is 2.49. The number of imidazole rings is 1. The average molecular weight is 269 g/mol. The fraction of sp³-hybridized carbons (Fsp3) is 0.455. The highest BCUT2D eigenvalue weighted by molar-refractivity contribution is 8.00. The molecule has 2 heterocycles. The van der Waals surface area contributed by atoms with Gasteiger partial charge in [0, 0.05) is 17.5 Å². The van der Waals surface area contributed by atoms with Crippen LogP contribution >= 0.6 is 23.4 Å². The zero-order valence-corrected chi connectivity index (χ0v) is 11.1. The van der Waals surface area contributed by atoms with Crippen LogP contribution in [0, 0.1) is 0 Å². The van der Waals surface area contributed by atoms with E-state index in [1.165, 1.54) is 12.8 Å². The smallest absolute Gasteiger partial charge is 0.202 e. The molecule has 0 unspecified atom stereocenters. The Morgan fingerprint density at radius 3 is 3.00 bits per heavy atom. The van der Waals surface area contributed by atoms with Gasteiger partial charge in [-0.15, -0.1) is 0 Å². The van der Waals surface area contributed by atoms with E-state index < -0.39 is 0 Å². The number of nitrogen functional groups attached to an aromatic ring is 1. The van der Waals surface area contributed by atoms with Crippen molar-refractivity contribution in [1.82, 2.24) is 14.5 Å². The van der Waals surface area contributed by atoms with Gasteiger partial charge in [0.2, 0.25) is 5.95 Å². The zero-order chi connectivity index (χ0) is 12.0. The molecule has 2 aromatic rings. The van der Waals surface area contributed by atoms with Crippen molar-refractivity contribution in [2.24, 2.45) is 0 Å². The summed E-state index contributed by atoms with van der Waals surface area (Å²) < 4.78 is 2.33. The van der Waals surface area contributed by atoms with Crippen molar-refractivity contribution >= 4 is 40.5 Å². The van der Waals surface area contributed by atoms with Crippen LogP contribution in [0.5, 0.6) is 0 Å². The number of rotatable bonds is 3. The molecule has 90 valence electrons. The minimum atomic E-state index is 0.336. The summed E-state index contributed by atoms with van der Waals surface area (Å²) >= 11 is 7.80. The van der Waals surface area contributed by atoms with Gasteiger partial charge in [-0.1, -0.05) is 11.6 Å². The van der Waals surface area contributed by atoms with Crippen molar-refractivity contribution in [3.63, 3.8) is 0 Å². The first-order valence-electron chi connectivity index (χ1n) is 5.46. The summed E-state index contributed by atoms with van der Waals surface area (Å²) in [4.78, 5) is 8.63. The van der Waals surface area contributed by atoms with E-state index in [4.69, 9.17) is 17.3 Å². The number of hydrogen-bond acceptors (Lipinski definition) is 4. The van der Waals surface area contributed by atoms with Crippen LogP contribution in [-0.4, -0.2) is 25.5 Å². The number of pyridine rings is 1. The van der Waals surface area contributed by atoms with Crippen LogP contribution < -0.4 is 5.73 Å². The first-order chi connectivity index (χ1) is 8.13. The molecule has 0 atom stereocenters. The second-order valence-electron chi connectivity index (χ2n) is 4.44. The largest absolute Gasteiger partial charge is 0.369 e. The van der Waals surface area contributed by atoms with Gasteiger partial charge in [-0.3, -0.25) is 4.57 Å². The van der Waals surface area contributed by atoms with Crippen molar-refractivity contribution in [2.45, 2.75) is 24.1 Å². The molecule has 0 aliphatic heterocycles. The molecular weight excluding hydrogens is 256 g/mol. The van der Waals surface area contributed by atoms with Crippen LogP contribution in [0.3, 0.4) is 0 Å². The highest BCUT2D eigenvalue weighted by Gasteiger charge is 2.42. The van der Waals surface area contributed by atoms with Gasteiger partial charge in [0.1, 0.15) is 5.52 Å². The van der Waals surface area contributed by atoms with E-state index in [2.05, 4.69) is 16.2 Å². The molecule has 1 aliphatic carbocycles. The number of aromatic nitrogens is 3. The minimum absolute atomic E-state index is 0.336. The second-order valence-corrected chi connectivity index (χ2v) is 6.15. The van der Waals surface area contributed by atoms with E-state index in [1.54, 1.807) is 12.3 Å². The van der Waals surface area contributed by atoms with E-state index in [1.807, 2.05) is 16.3 Å². The highest BCUT2D eigenvalue weighted by atomic mass is 35.5. The number of nitrogens with two attached hydrogens (primary N) is 1. The zero-order valence-electron chi connectivity index (χ0n) is 9.48. The Balaban J connectivity index is 2.06. The third kappa shape index (κ3) is 1.87. The van der Waals surface area contributed by atoms with Gasteiger partial charge in [-0.2, -0.15) is 11.8 Å². The number of nitrogens with zero attached hydrogens (tertiary/aromatic N) is 3. The summed E-state index contributed by atoms with van der Waals surface area (Å²) in [6.07, 6.45) is 6.26. The van der Waals surface area contributed by atoms with Gasteiger partial charge in [0.05, 0.1) is 5.02 Å². The quantitative estimate of drug-likeness (QED) is 0.930. The number of halogens is 1. The van der Waals surface area contributed by atoms with Crippen molar-refractivity contribution in [3.05, 3.63) is 17.3 Å². The molecule has 2 N–H and O–H groups in total. The van der Waals surface area contributed by atoms with E-state index in [0.29, 0.717) is 15.7 Å². The second kappa shape index (κ2) is 3.78. The Kier molecular flexibility index (Phi) is 2.48. The summed E-state index contributed by atoms with van der Waals surface area (Å²) in [5, 5.41) is 0.591. The summed E-state index contributed by atoms with van der Waals surface area (Å²) in [6, 6.07) is 1.80. The molecule has 1 saturated carbocycles. The Morgan fingerprint density at radius 2 is 2.35 bits per heavy atom. The average Bonchev–Trinajstić information content (AvgIpc) is 3.01. The maximum atomic E-state index is 5.95. The maximum absolute atomic E-state index is 5.95. The monoisotopic (exact) mass is 268 g/mol. The molecule has 3 rings (SSSR count). The van der Waals surface area contributed by atoms with E-state index in [9.17, 15) is 0 Å². The van der Waals surface area contributed by atoms with E-state index in [0.717, 1.165) is 17.7 Å². The third-order valence-corrected chi connectivity index (χ3v) is 4.88. The van der Waals surface area contributed by atoms with Crippen molar-refractivity contribution in [1.29, 1.82) is 0 Å². The fourth-order valence-corrected chi connectivity index (χ4v) is 2.93. The van der Waals surface area contributed by atoms with Gasteiger partial charge in [-0.25, -0.2) is 9.97 Å². The first kappa shape index (κ1) is 11.2. The number of fused-ring (bicyclic) bond motifs is 1. The first-order valence-corrected chi connectivity index (χ1v) is 7.06. The standard InChI is InChI=1S/C11H13ClN4S/c1-17-11(2-3-11)6-16-9-8(15-10(16)13)4-7(12)5-14-9/h4-5H,2-3,6H2,1H3,(H2,13,15). The van der Waals surface area contributed by atoms with Crippen LogP contribution in [0.1, 0.15) is 12.8 Å². The lowest BCUT2D eigenvalue weighted by Gasteiger charge is -2.13. The van der Waals surface area contributed by atoms with Crippen LogP contribution in [0.25, 0.3) is 11.2 Å². The normalized spacial score (nSPS) is 17.5. The SMILES string of the molecule is CSC1(Cn2c(N)nc3cc(Cl)cnc32)CC1. The lowest BCUT2D eigenvalue weighted by Crippen LogP contribution is -2.15. The molecule has 4 nitrogen and oxygen atoms in total. The lowest BCUT2D eigenvalue weighted by molar-refractivity contribution is 0.682. The molecule has 0 saturated heterocycles.